The Balaban J connectivity index is 1.55. The van der Waals surface area contributed by atoms with E-state index in [1.807, 2.05) is 36.1 Å². The minimum absolute atomic E-state index is 0.00628. The Morgan fingerprint density at radius 3 is 2.54 bits per heavy atom. The van der Waals surface area contributed by atoms with E-state index >= 15 is 0 Å². The normalized spacial score (nSPS) is 15.3. The maximum absolute atomic E-state index is 12.4. The number of rotatable bonds is 3. The average Bonchev–Trinajstić information content (AvgIpc) is 3.02. The Bertz CT molecular complexity index is 745. The third-order valence-electron chi connectivity index (χ3n) is 4.46. The molecule has 2 amide bonds. The molecule has 6 heteroatoms. The number of hydrogen-bond acceptors (Lipinski definition) is 3. The minimum Gasteiger partial charge on any atom is -0.349 e. The lowest BCUT2D eigenvalue weighted by atomic mass is 10.0. The number of carbonyl (C=O) groups excluding carboxylic acids is 2. The number of benzene rings is 1. The van der Waals surface area contributed by atoms with Gasteiger partial charge < -0.3 is 10.2 Å². The van der Waals surface area contributed by atoms with Crippen LogP contribution in [0.2, 0.25) is 0 Å². The first-order chi connectivity index (χ1) is 11.5. The van der Waals surface area contributed by atoms with Gasteiger partial charge in [-0.2, -0.15) is 5.10 Å². The van der Waals surface area contributed by atoms with E-state index in [9.17, 15) is 9.59 Å². The van der Waals surface area contributed by atoms with E-state index in [-0.39, 0.29) is 17.9 Å². The summed E-state index contributed by atoms with van der Waals surface area (Å²) in [6.45, 7) is 3.23. The Labute approximate surface area is 141 Å². The van der Waals surface area contributed by atoms with Gasteiger partial charge in [-0.3, -0.25) is 14.3 Å². The van der Waals surface area contributed by atoms with Crippen molar-refractivity contribution in [2.45, 2.75) is 25.8 Å². The van der Waals surface area contributed by atoms with E-state index in [1.54, 1.807) is 24.1 Å². The van der Waals surface area contributed by atoms with Crippen molar-refractivity contribution >= 4 is 11.8 Å². The molecule has 1 aromatic heterocycles. The Hall–Kier alpha value is -2.63. The lowest BCUT2D eigenvalue weighted by molar-refractivity contribution is 0.0698. The van der Waals surface area contributed by atoms with Crippen LogP contribution in [0.4, 0.5) is 0 Å². The third-order valence-corrected chi connectivity index (χ3v) is 4.46. The third kappa shape index (κ3) is 3.48. The predicted molar refractivity (Wildman–Crippen MR) is 90.8 cm³/mol. The number of aromatic nitrogens is 2. The van der Waals surface area contributed by atoms with E-state index in [0.29, 0.717) is 24.2 Å². The zero-order valence-corrected chi connectivity index (χ0v) is 14.0. The second-order valence-corrected chi connectivity index (χ2v) is 6.26. The van der Waals surface area contributed by atoms with Crippen LogP contribution < -0.4 is 5.32 Å². The van der Waals surface area contributed by atoms with E-state index in [1.165, 1.54) is 0 Å². The van der Waals surface area contributed by atoms with Gasteiger partial charge in [-0.15, -0.1) is 0 Å². The summed E-state index contributed by atoms with van der Waals surface area (Å²) in [6.07, 6.45) is 4.86. The van der Waals surface area contributed by atoms with Crippen LogP contribution in [0.15, 0.2) is 36.7 Å². The van der Waals surface area contributed by atoms with Crippen molar-refractivity contribution in [3.63, 3.8) is 0 Å². The molecule has 1 aliphatic rings. The lowest BCUT2D eigenvalue weighted by Gasteiger charge is -2.32. The highest BCUT2D eigenvalue weighted by atomic mass is 16.2. The van der Waals surface area contributed by atoms with Crippen LogP contribution in [0.1, 0.15) is 39.1 Å². The molecule has 0 spiro atoms. The number of amides is 2. The van der Waals surface area contributed by atoms with Crippen LogP contribution in [-0.4, -0.2) is 45.6 Å². The van der Waals surface area contributed by atoms with Crippen molar-refractivity contribution < 1.29 is 9.59 Å². The molecule has 1 aliphatic heterocycles. The molecule has 2 aromatic rings. The summed E-state index contributed by atoms with van der Waals surface area (Å²) >= 11 is 0. The van der Waals surface area contributed by atoms with Crippen LogP contribution in [0, 0.1) is 6.92 Å². The first-order valence-electron chi connectivity index (χ1n) is 8.19. The quantitative estimate of drug-likeness (QED) is 0.934. The monoisotopic (exact) mass is 326 g/mol. The SMILES string of the molecule is Cc1ccccc1C(=O)NC1CCN(C(=O)c2cnn(C)c2)CC1. The van der Waals surface area contributed by atoms with E-state index in [0.717, 1.165) is 18.4 Å². The number of nitrogens with zero attached hydrogens (tertiary/aromatic N) is 3. The number of aryl methyl sites for hydroxylation is 2. The largest absolute Gasteiger partial charge is 0.349 e. The van der Waals surface area contributed by atoms with Crippen molar-refractivity contribution in [1.82, 2.24) is 20.0 Å². The van der Waals surface area contributed by atoms with E-state index in [4.69, 9.17) is 0 Å². The fourth-order valence-electron chi connectivity index (χ4n) is 3.03. The van der Waals surface area contributed by atoms with E-state index in [2.05, 4.69) is 10.4 Å². The molecule has 3 rings (SSSR count). The summed E-state index contributed by atoms with van der Waals surface area (Å²) < 4.78 is 1.63. The van der Waals surface area contributed by atoms with Crippen molar-refractivity contribution in [3.05, 3.63) is 53.3 Å². The summed E-state index contributed by atoms with van der Waals surface area (Å²) in [7, 11) is 1.80. The highest BCUT2D eigenvalue weighted by Gasteiger charge is 2.25. The molecular formula is C18H22N4O2. The standard InChI is InChI=1S/C18H22N4O2/c1-13-5-3-4-6-16(13)17(23)20-15-7-9-22(10-8-15)18(24)14-11-19-21(2)12-14/h3-6,11-12,15H,7-10H2,1-2H3,(H,20,23). The highest BCUT2D eigenvalue weighted by molar-refractivity contribution is 5.96. The Morgan fingerprint density at radius 2 is 1.92 bits per heavy atom. The maximum atomic E-state index is 12.4. The molecule has 0 bridgehead atoms. The average molecular weight is 326 g/mol. The Morgan fingerprint density at radius 1 is 1.21 bits per heavy atom. The van der Waals surface area contributed by atoms with Crippen molar-refractivity contribution in [2.24, 2.45) is 7.05 Å². The maximum Gasteiger partial charge on any atom is 0.257 e. The molecule has 0 saturated carbocycles. The summed E-state index contributed by atoms with van der Waals surface area (Å²) in [6, 6.07) is 7.68. The zero-order valence-electron chi connectivity index (χ0n) is 14.0. The van der Waals surface area contributed by atoms with Crippen LogP contribution in [-0.2, 0) is 7.05 Å². The number of likely N-dealkylation sites (tertiary alicyclic amines) is 1. The molecule has 0 radical (unpaired) electrons. The summed E-state index contributed by atoms with van der Waals surface area (Å²) in [5, 5.41) is 7.13. The number of nitrogens with one attached hydrogen (secondary N) is 1. The molecule has 6 nitrogen and oxygen atoms in total. The zero-order chi connectivity index (χ0) is 17.1. The molecule has 0 atom stereocenters. The van der Waals surface area contributed by atoms with E-state index < -0.39 is 0 Å². The summed E-state index contributed by atoms with van der Waals surface area (Å²) in [5.41, 5.74) is 2.30. The summed E-state index contributed by atoms with van der Waals surface area (Å²) in [4.78, 5) is 26.6. The van der Waals surface area contributed by atoms with Gasteiger partial charge in [0.15, 0.2) is 0 Å². The molecule has 2 heterocycles. The molecule has 24 heavy (non-hydrogen) atoms. The van der Waals surface area contributed by atoms with Gasteiger partial charge in [0.05, 0.1) is 11.8 Å². The fraction of sp³-hybridized carbons (Fsp3) is 0.389. The molecule has 1 fully saturated rings. The molecular weight excluding hydrogens is 304 g/mol. The van der Waals surface area contributed by atoms with Gasteiger partial charge in [0.25, 0.3) is 11.8 Å². The molecule has 1 saturated heterocycles. The van der Waals surface area contributed by atoms with Gasteiger partial charge in [0.1, 0.15) is 0 Å². The van der Waals surface area contributed by atoms with Crippen LogP contribution in [0.25, 0.3) is 0 Å². The number of carbonyl (C=O) groups is 2. The molecule has 126 valence electrons. The fourth-order valence-corrected chi connectivity index (χ4v) is 3.03. The first-order valence-corrected chi connectivity index (χ1v) is 8.19. The van der Waals surface area contributed by atoms with Gasteiger partial charge in [0, 0.05) is 37.9 Å². The summed E-state index contributed by atoms with van der Waals surface area (Å²) in [5.74, 6) is -0.0306. The molecule has 1 N–H and O–H groups in total. The van der Waals surface area contributed by atoms with Crippen molar-refractivity contribution in [3.8, 4) is 0 Å². The van der Waals surface area contributed by atoms with Crippen molar-refractivity contribution in [1.29, 1.82) is 0 Å². The van der Waals surface area contributed by atoms with Gasteiger partial charge in [-0.05, 0) is 31.4 Å². The predicted octanol–water partition coefficient (Wildman–Crippen LogP) is 1.76. The second-order valence-electron chi connectivity index (χ2n) is 6.26. The van der Waals surface area contributed by atoms with Gasteiger partial charge in [0.2, 0.25) is 0 Å². The van der Waals surface area contributed by atoms with Gasteiger partial charge >= 0.3 is 0 Å². The molecule has 0 aliphatic carbocycles. The number of piperidine rings is 1. The van der Waals surface area contributed by atoms with Crippen molar-refractivity contribution in [2.75, 3.05) is 13.1 Å². The molecule has 1 aromatic carbocycles. The molecule has 0 unspecified atom stereocenters. The van der Waals surface area contributed by atoms with Gasteiger partial charge in [-0.1, -0.05) is 18.2 Å². The lowest BCUT2D eigenvalue weighted by Crippen LogP contribution is -2.46. The first kappa shape index (κ1) is 16.2. The highest BCUT2D eigenvalue weighted by Crippen LogP contribution is 2.15. The number of hydrogen-bond donors (Lipinski definition) is 1. The van der Waals surface area contributed by atoms with Crippen LogP contribution in [0.3, 0.4) is 0 Å². The Kier molecular flexibility index (Phi) is 4.64. The van der Waals surface area contributed by atoms with Crippen LogP contribution >= 0.6 is 0 Å². The topological polar surface area (TPSA) is 67.2 Å². The van der Waals surface area contributed by atoms with Crippen LogP contribution in [0.5, 0.6) is 0 Å². The second kappa shape index (κ2) is 6.86. The minimum atomic E-state index is -0.0369. The smallest absolute Gasteiger partial charge is 0.257 e. The van der Waals surface area contributed by atoms with Gasteiger partial charge in [-0.25, -0.2) is 0 Å².